The van der Waals surface area contributed by atoms with Gasteiger partial charge in [-0.05, 0) is 54.8 Å². The molecule has 1 saturated heterocycles. The van der Waals surface area contributed by atoms with Gasteiger partial charge in [0.15, 0.2) is 0 Å². The van der Waals surface area contributed by atoms with E-state index in [9.17, 15) is 13.2 Å². The van der Waals surface area contributed by atoms with Gasteiger partial charge in [0.2, 0.25) is 15.9 Å². The molecule has 1 N–H and O–H groups in total. The third-order valence-corrected chi connectivity index (χ3v) is 7.61. The summed E-state index contributed by atoms with van der Waals surface area (Å²) in [7, 11) is -3.95. The van der Waals surface area contributed by atoms with E-state index in [0.29, 0.717) is 28.8 Å². The molecule has 0 aromatic heterocycles. The second-order valence-electron chi connectivity index (χ2n) is 6.90. The normalized spacial score (nSPS) is 16.7. The molecule has 0 saturated carbocycles. The number of hydrogen-bond acceptors (Lipinski definition) is 4. The lowest BCUT2D eigenvalue weighted by molar-refractivity contribution is -0.121. The summed E-state index contributed by atoms with van der Waals surface area (Å²) >= 11 is 15.5. The first-order chi connectivity index (χ1) is 14.3. The van der Waals surface area contributed by atoms with Crippen molar-refractivity contribution in [3.05, 3.63) is 62.5 Å². The Bertz CT molecular complexity index is 996. The number of halogens is 3. The van der Waals surface area contributed by atoms with Gasteiger partial charge in [0, 0.05) is 34.2 Å². The Morgan fingerprint density at radius 1 is 1.20 bits per heavy atom. The molecule has 10 heteroatoms. The number of amides is 1. The van der Waals surface area contributed by atoms with Crippen molar-refractivity contribution in [3.63, 3.8) is 0 Å². The standard InChI is InChI=1S/C20H21BrCl2N2O4S/c21-15-4-7-18(8-5-15)30(27,28)25(12-14-3-6-16(22)10-19(14)23)13-20(26)24-11-17-2-1-9-29-17/h3-8,10,17H,1-2,9,11-13H2,(H,24,26)/t17-/m1/s1. The topological polar surface area (TPSA) is 75.7 Å². The molecule has 0 spiro atoms. The van der Waals surface area contributed by atoms with Gasteiger partial charge in [0.25, 0.3) is 0 Å². The first-order valence-corrected chi connectivity index (χ1v) is 12.3. The number of hydrogen-bond donors (Lipinski definition) is 1. The van der Waals surface area contributed by atoms with Crippen molar-refractivity contribution >= 4 is 55.1 Å². The van der Waals surface area contributed by atoms with Gasteiger partial charge >= 0.3 is 0 Å². The lowest BCUT2D eigenvalue weighted by atomic mass is 10.2. The first-order valence-electron chi connectivity index (χ1n) is 9.33. The predicted octanol–water partition coefficient (Wildman–Crippen LogP) is 4.24. The lowest BCUT2D eigenvalue weighted by Crippen LogP contribution is -2.42. The van der Waals surface area contributed by atoms with Crippen LogP contribution in [-0.4, -0.2) is 44.4 Å². The van der Waals surface area contributed by atoms with Gasteiger partial charge in [0.1, 0.15) is 0 Å². The number of nitrogens with zero attached hydrogens (tertiary/aromatic N) is 1. The zero-order valence-electron chi connectivity index (χ0n) is 16.0. The summed E-state index contributed by atoms with van der Waals surface area (Å²) in [4.78, 5) is 12.6. The minimum atomic E-state index is -3.95. The van der Waals surface area contributed by atoms with Crippen LogP contribution in [0.1, 0.15) is 18.4 Å². The molecule has 1 aliphatic rings. The van der Waals surface area contributed by atoms with Crippen LogP contribution in [0.15, 0.2) is 51.8 Å². The fraction of sp³-hybridized carbons (Fsp3) is 0.350. The van der Waals surface area contributed by atoms with Crippen LogP contribution in [0.3, 0.4) is 0 Å². The maximum atomic E-state index is 13.3. The molecule has 1 aliphatic heterocycles. The molecule has 6 nitrogen and oxygen atoms in total. The zero-order valence-corrected chi connectivity index (χ0v) is 19.9. The molecule has 0 bridgehead atoms. The smallest absolute Gasteiger partial charge is 0.243 e. The van der Waals surface area contributed by atoms with Crippen molar-refractivity contribution in [3.8, 4) is 0 Å². The van der Waals surface area contributed by atoms with Crippen molar-refractivity contribution in [2.45, 2.75) is 30.4 Å². The maximum absolute atomic E-state index is 13.3. The highest BCUT2D eigenvalue weighted by atomic mass is 79.9. The zero-order chi connectivity index (χ0) is 21.7. The number of rotatable bonds is 8. The van der Waals surface area contributed by atoms with Crippen LogP contribution >= 0.6 is 39.1 Å². The average Bonchev–Trinajstić information content (AvgIpc) is 3.22. The molecule has 1 atom stereocenters. The summed E-state index contributed by atoms with van der Waals surface area (Å²) < 4.78 is 33.9. The predicted molar refractivity (Wildman–Crippen MR) is 120 cm³/mol. The van der Waals surface area contributed by atoms with E-state index in [0.717, 1.165) is 21.6 Å². The molecule has 0 aliphatic carbocycles. The summed E-state index contributed by atoms with van der Waals surface area (Å²) in [6.45, 7) is 0.623. The summed E-state index contributed by atoms with van der Waals surface area (Å²) in [5.41, 5.74) is 0.550. The van der Waals surface area contributed by atoms with E-state index in [-0.39, 0.29) is 24.1 Å². The summed E-state index contributed by atoms with van der Waals surface area (Å²) in [6, 6.07) is 11.1. The Labute approximate surface area is 194 Å². The third-order valence-electron chi connectivity index (χ3n) is 4.68. The van der Waals surface area contributed by atoms with Crippen LogP contribution in [0.2, 0.25) is 10.0 Å². The molecule has 1 fully saturated rings. The number of ether oxygens (including phenoxy) is 1. The van der Waals surface area contributed by atoms with E-state index in [1.54, 1.807) is 30.3 Å². The quantitative estimate of drug-likeness (QED) is 0.548. The second-order valence-corrected chi connectivity index (χ2v) is 10.6. The summed E-state index contributed by atoms with van der Waals surface area (Å²) in [5, 5.41) is 3.54. The largest absolute Gasteiger partial charge is 0.376 e. The van der Waals surface area contributed by atoms with E-state index in [4.69, 9.17) is 27.9 Å². The first kappa shape index (κ1) is 23.5. The molecular formula is C20H21BrCl2N2O4S. The average molecular weight is 536 g/mol. The van der Waals surface area contributed by atoms with Gasteiger partial charge in [-0.25, -0.2) is 8.42 Å². The van der Waals surface area contributed by atoms with Crippen LogP contribution < -0.4 is 5.32 Å². The molecule has 0 unspecified atom stereocenters. The van der Waals surface area contributed by atoms with Gasteiger partial charge in [-0.15, -0.1) is 0 Å². The molecule has 2 aromatic carbocycles. The van der Waals surface area contributed by atoms with E-state index < -0.39 is 15.9 Å². The van der Waals surface area contributed by atoms with Gasteiger partial charge in [-0.1, -0.05) is 45.2 Å². The van der Waals surface area contributed by atoms with Gasteiger partial charge in [-0.2, -0.15) is 4.31 Å². The highest BCUT2D eigenvalue weighted by molar-refractivity contribution is 9.10. The number of carbonyl (C=O) groups excluding carboxylic acids is 1. The van der Waals surface area contributed by atoms with Gasteiger partial charge < -0.3 is 10.1 Å². The molecular weight excluding hydrogens is 515 g/mol. The van der Waals surface area contributed by atoms with Crippen LogP contribution in [0.25, 0.3) is 0 Å². The van der Waals surface area contributed by atoms with Gasteiger partial charge in [0.05, 0.1) is 17.5 Å². The van der Waals surface area contributed by atoms with Crippen LogP contribution in [0.4, 0.5) is 0 Å². The fourth-order valence-electron chi connectivity index (χ4n) is 3.07. The summed E-state index contributed by atoms with van der Waals surface area (Å²) in [5.74, 6) is -0.406. The number of carbonyl (C=O) groups is 1. The third kappa shape index (κ3) is 6.18. The molecule has 1 amide bonds. The van der Waals surface area contributed by atoms with E-state index in [1.807, 2.05) is 0 Å². The monoisotopic (exact) mass is 534 g/mol. The van der Waals surface area contributed by atoms with E-state index in [1.165, 1.54) is 12.1 Å². The summed E-state index contributed by atoms with van der Waals surface area (Å²) in [6.07, 6.45) is 1.80. The van der Waals surface area contributed by atoms with Crippen molar-refractivity contribution in [1.29, 1.82) is 0 Å². The number of sulfonamides is 1. The Kier molecular flexibility index (Phi) is 8.17. The number of nitrogens with one attached hydrogen (secondary N) is 1. The van der Waals surface area contributed by atoms with Crippen molar-refractivity contribution in [2.24, 2.45) is 0 Å². The Morgan fingerprint density at radius 2 is 1.93 bits per heavy atom. The maximum Gasteiger partial charge on any atom is 0.243 e. The van der Waals surface area contributed by atoms with E-state index in [2.05, 4.69) is 21.2 Å². The van der Waals surface area contributed by atoms with E-state index >= 15 is 0 Å². The Hall–Kier alpha value is -1.16. The minimum absolute atomic E-state index is 0.0313. The molecule has 3 rings (SSSR count). The molecule has 162 valence electrons. The van der Waals surface area contributed by atoms with Crippen molar-refractivity contribution in [2.75, 3.05) is 19.7 Å². The van der Waals surface area contributed by atoms with Crippen LogP contribution in [-0.2, 0) is 26.1 Å². The molecule has 2 aromatic rings. The van der Waals surface area contributed by atoms with Crippen molar-refractivity contribution in [1.82, 2.24) is 9.62 Å². The van der Waals surface area contributed by atoms with Gasteiger partial charge in [-0.3, -0.25) is 4.79 Å². The minimum Gasteiger partial charge on any atom is -0.376 e. The highest BCUT2D eigenvalue weighted by Gasteiger charge is 2.28. The SMILES string of the molecule is O=C(CN(Cc1ccc(Cl)cc1Cl)S(=O)(=O)c1ccc(Br)cc1)NC[C@H]1CCCO1. The second kappa shape index (κ2) is 10.4. The molecule has 30 heavy (non-hydrogen) atoms. The Balaban J connectivity index is 1.81. The van der Waals surface area contributed by atoms with Crippen molar-refractivity contribution < 1.29 is 17.9 Å². The molecule has 0 radical (unpaired) electrons. The fourth-order valence-corrected chi connectivity index (χ4v) is 5.18. The Morgan fingerprint density at radius 3 is 2.57 bits per heavy atom. The van der Waals surface area contributed by atoms with Crippen LogP contribution in [0, 0.1) is 0 Å². The van der Waals surface area contributed by atoms with Crippen LogP contribution in [0.5, 0.6) is 0 Å². The highest BCUT2D eigenvalue weighted by Crippen LogP contribution is 2.26. The number of benzene rings is 2. The molecule has 1 heterocycles. The lowest BCUT2D eigenvalue weighted by Gasteiger charge is -2.23.